The number of unbranched alkanes of at least 4 members (excludes halogenated alkanes) is 1. The Morgan fingerprint density at radius 2 is 1.90 bits per heavy atom. The van der Waals surface area contributed by atoms with Gasteiger partial charge in [-0.05, 0) is 105 Å². The molecule has 5 nitrogen and oxygen atoms in total. The minimum Gasteiger partial charge on any atom is -0.506 e. The van der Waals surface area contributed by atoms with Crippen LogP contribution in [-0.4, -0.2) is 26.5 Å². The van der Waals surface area contributed by atoms with Gasteiger partial charge >= 0.3 is 0 Å². The van der Waals surface area contributed by atoms with Crippen LogP contribution in [0.25, 0.3) is 33.4 Å². The van der Waals surface area contributed by atoms with Gasteiger partial charge in [-0.25, -0.2) is 0 Å². The van der Waals surface area contributed by atoms with Crippen molar-refractivity contribution in [3.8, 4) is 11.1 Å². The van der Waals surface area contributed by atoms with E-state index in [1.54, 1.807) is 0 Å². The summed E-state index contributed by atoms with van der Waals surface area (Å²) in [7, 11) is 0. The zero-order valence-corrected chi connectivity index (χ0v) is 24.4. The van der Waals surface area contributed by atoms with Gasteiger partial charge in [0, 0.05) is 28.8 Å². The number of H-pyrrole nitrogens is 1. The molecule has 7 rings (SSSR count). The fourth-order valence-electron chi connectivity index (χ4n) is 7.67. The highest BCUT2D eigenvalue weighted by molar-refractivity contribution is 6.01. The largest absolute Gasteiger partial charge is 0.506 e. The molecule has 4 aromatic rings. The number of nitrogens with zero attached hydrogens (tertiary/aromatic N) is 2. The monoisotopic (exact) mass is 547 g/mol. The van der Waals surface area contributed by atoms with E-state index in [1.807, 2.05) is 0 Å². The van der Waals surface area contributed by atoms with Crippen molar-refractivity contribution >= 4 is 22.2 Å². The molecule has 2 N–H and O–H groups in total. The standard InChI is InChI=1S/C36H41N3O2/c1-22-15-18-31-30(14-7-5-10-26-12-8-11-25-9-4-6-13-29(25)26)35(24(3)40)39-19-27-16-17-28(27)20-41-21-32-34(23(2)37-38-32)33(22)36(31)39/h4,6,9,12-13,15,18,27-28,40H,3,5,7-8,10-11,14,16-17,19-21H2,1-2H3,(H,37,38). The number of fused-ring (bicyclic) bond motifs is 4. The predicted octanol–water partition coefficient (Wildman–Crippen LogP) is 8.48. The molecule has 2 unspecified atom stereocenters. The lowest BCUT2D eigenvalue weighted by molar-refractivity contribution is 0.0169. The third-order valence-electron chi connectivity index (χ3n) is 9.94. The molecule has 1 aliphatic heterocycles. The fraction of sp³-hybridized carbons (Fsp3) is 0.417. The summed E-state index contributed by atoms with van der Waals surface area (Å²) in [6.45, 7) is 10.6. The Morgan fingerprint density at radius 1 is 1.07 bits per heavy atom. The number of aliphatic hydroxyl groups is 1. The Kier molecular flexibility index (Phi) is 6.86. The van der Waals surface area contributed by atoms with E-state index < -0.39 is 0 Å². The molecular formula is C36H41N3O2. The average molecular weight is 548 g/mol. The molecular weight excluding hydrogens is 506 g/mol. The van der Waals surface area contributed by atoms with E-state index in [4.69, 9.17) is 4.74 Å². The molecule has 3 aliphatic rings. The van der Waals surface area contributed by atoms with Gasteiger partial charge in [0.25, 0.3) is 0 Å². The summed E-state index contributed by atoms with van der Waals surface area (Å²) in [5.74, 6) is 1.25. The van der Waals surface area contributed by atoms with Gasteiger partial charge in [-0.2, -0.15) is 5.10 Å². The zero-order chi connectivity index (χ0) is 28.1. The van der Waals surface area contributed by atoms with Gasteiger partial charge < -0.3 is 14.4 Å². The molecule has 2 aliphatic carbocycles. The summed E-state index contributed by atoms with van der Waals surface area (Å²) in [6.07, 6.45) is 11.3. The molecule has 0 saturated heterocycles. The number of hydrogen-bond acceptors (Lipinski definition) is 3. The SMILES string of the molecule is C=C(O)c1c(CCCCC2=CCCc3ccccc32)c2ccc(C)c3c2n1CC1CCC1COCc1n[nH]c(C)c1-3. The van der Waals surface area contributed by atoms with Gasteiger partial charge in [-0.15, -0.1) is 0 Å². The highest BCUT2D eigenvalue weighted by Gasteiger charge is 2.35. The number of hydrogen-bond donors (Lipinski definition) is 2. The van der Waals surface area contributed by atoms with Crippen molar-refractivity contribution in [2.45, 2.75) is 78.4 Å². The summed E-state index contributed by atoms with van der Waals surface area (Å²) in [6, 6.07) is 13.4. The van der Waals surface area contributed by atoms with Crippen molar-refractivity contribution in [3.05, 3.63) is 88.4 Å². The van der Waals surface area contributed by atoms with Gasteiger partial charge in [-0.1, -0.05) is 49.1 Å². The van der Waals surface area contributed by atoms with Crippen molar-refractivity contribution in [2.75, 3.05) is 6.61 Å². The van der Waals surface area contributed by atoms with Crippen molar-refractivity contribution in [3.63, 3.8) is 0 Å². The van der Waals surface area contributed by atoms with Crippen LogP contribution < -0.4 is 0 Å². The highest BCUT2D eigenvalue weighted by Crippen LogP contribution is 2.44. The number of aromatic amines is 1. The second-order valence-corrected chi connectivity index (χ2v) is 12.5. The van der Waals surface area contributed by atoms with Crippen molar-refractivity contribution in [1.29, 1.82) is 0 Å². The van der Waals surface area contributed by atoms with Crippen LogP contribution in [-0.2, 0) is 30.7 Å². The minimum atomic E-state index is 0.176. The first-order valence-electron chi connectivity index (χ1n) is 15.4. The van der Waals surface area contributed by atoms with Crippen LogP contribution in [0.5, 0.6) is 0 Å². The number of aromatic nitrogens is 3. The molecule has 5 heteroatoms. The van der Waals surface area contributed by atoms with E-state index in [2.05, 4.69) is 77.7 Å². The molecule has 212 valence electrons. The fourth-order valence-corrected chi connectivity index (χ4v) is 7.67. The Hall–Kier alpha value is -3.57. The van der Waals surface area contributed by atoms with E-state index in [0.29, 0.717) is 18.4 Å². The molecule has 2 atom stereocenters. The maximum atomic E-state index is 11.1. The van der Waals surface area contributed by atoms with E-state index in [-0.39, 0.29) is 5.76 Å². The van der Waals surface area contributed by atoms with Gasteiger partial charge in [0.05, 0.1) is 30.1 Å². The van der Waals surface area contributed by atoms with E-state index in [9.17, 15) is 5.11 Å². The van der Waals surface area contributed by atoms with Crippen LogP contribution >= 0.6 is 0 Å². The van der Waals surface area contributed by atoms with Crippen molar-refractivity contribution in [2.24, 2.45) is 11.8 Å². The summed E-state index contributed by atoms with van der Waals surface area (Å²) in [4.78, 5) is 0. The molecule has 2 aromatic carbocycles. The summed E-state index contributed by atoms with van der Waals surface area (Å²) < 4.78 is 8.64. The number of benzene rings is 2. The number of rotatable bonds is 6. The second-order valence-electron chi connectivity index (χ2n) is 12.5. The van der Waals surface area contributed by atoms with Gasteiger partial charge in [0.1, 0.15) is 5.76 Å². The van der Waals surface area contributed by atoms with E-state index in [1.165, 1.54) is 57.1 Å². The van der Waals surface area contributed by atoms with Gasteiger partial charge in [0.2, 0.25) is 0 Å². The van der Waals surface area contributed by atoms with Gasteiger partial charge in [0.15, 0.2) is 0 Å². The molecule has 0 spiro atoms. The van der Waals surface area contributed by atoms with Crippen LogP contribution in [0.15, 0.2) is 49.1 Å². The Labute approximate surface area is 242 Å². The van der Waals surface area contributed by atoms with E-state index in [0.717, 1.165) is 74.3 Å². The molecule has 1 saturated carbocycles. The number of aryl methyl sites for hydroxylation is 4. The first kappa shape index (κ1) is 26.3. The third-order valence-corrected chi connectivity index (χ3v) is 9.94. The number of allylic oxidation sites excluding steroid dienone is 2. The van der Waals surface area contributed by atoms with Crippen LogP contribution in [0, 0.1) is 25.7 Å². The topological polar surface area (TPSA) is 63.1 Å². The maximum Gasteiger partial charge on any atom is 0.132 e. The zero-order valence-electron chi connectivity index (χ0n) is 24.4. The van der Waals surface area contributed by atoms with Crippen LogP contribution in [0.1, 0.15) is 77.9 Å². The lowest BCUT2D eigenvalue weighted by Crippen LogP contribution is -2.33. The highest BCUT2D eigenvalue weighted by atomic mass is 16.5. The number of ether oxygens (including phenoxy) is 1. The Bertz CT molecular complexity index is 1670. The number of nitrogens with one attached hydrogen (secondary N) is 1. The molecule has 3 heterocycles. The lowest BCUT2D eigenvalue weighted by atomic mass is 9.74. The lowest BCUT2D eigenvalue weighted by Gasteiger charge is -2.37. The summed E-state index contributed by atoms with van der Waals surface area (Å²) in [5.41, 5.74) is 13.4. The molecule has 0 radical (unpaired) electrons. The maximum absolute atomic E-state index is 11.1. The summed E-state index contributed by atoms with van der Waals surface area (Å²) in [5, 5.41) is 20.3. The van der Waals surface area contributed by atoms with Crippen molar-refractivity contribution in [1.82, 2.24) is 14.8 Å². The summed E-state index contributed by atoms with van der Waals surface area (Å²) >= 11 is 0. The molecule has 2 aromatic heterocycles. The molecule has 41 heavy (non-hydrogen) atoms. The molecule has 0 bridgehead atoms. The smallest absolute Gasteiger partial charge is 0.132 e. The van der Waals surface area contributed by atoms with Crippen molar-refractivity contribution < 1.29 is 9.84 Å². The first-order chi connectivity index (χ1) is 20.0. The number of aliphatic hydroxyl groups excluding tert-OH is 1. The van der Waals surface area contributed by atoms with Crippen LogP contribution in [0.4, 0.5) is 0 Å². The minimum absolute atomic E-state index is 0.176. The third kappa shape index (κ3) is 4.55. The normalized spacial score (nSPS) is 19.9. The Balaban J connectivity index is 1.29. The van der Waals surface area contributed by atoms with Crippen LogP contribution in [0.3, 0.4) is 0 Å². The average Bonchev–Trinajstić information content (AvgIpc) is 3.47. The predicted molar refractivity (Wildman–Crippen MR) is 167 cm³/mol. The Morgan fingerprint density at radius 3 is 2.73 bits per heavy atom. The quantitative estimate of drug-likeness (QED) is 0.188. The van der Waals surface area contributed by atoms with E-state index >= 15 is 0 Å². The second kappa shape index (κ2) is 10.7. The first-order valence-corrected chi connectivity index (χ1v) is 15.4. The van der Waals surface area contributed by atoms with Crippen LogP contribution in [0.2, 0.25) is 0 Å². The molecule has 1 fully saturated rings. The van der Waals surface area contributed by atoms with Gasteiger partial charge in [-0.3, -0.25) is 5.10 Å². The molecule has 0 amide bonds.